The third-order valence-electron chi connectivity index (χ3n) is 4.25. The van der Waals surface area contributed by atoms with Gasteiger partial charge in [-0.05, 0) is 42.5 Å². The lowest BCUT2D eigenvalue weighted by molar-refractivity contribution is -0.130. The average Bonchev–Trinajstić information content (AvgIpc) is 2.94. The van der Waals surface area contributed by atoms with Gasteiger partial charge in [-0.3, -0.25) is 4.79 Å². The van der Waals surface area contributed by atoms with Crippen LogP contribution in [0.15, 0.2) is 30.3 Å². The Balaban J connectivity index is 1.67. The van der Waals surface area contributed by atoms with Crippen molar-refractivity contribution in [2.75, 3.05) is 19.6 Å². The Hall–Kier alpha value is -1.68. The molecular weight excluding hydrogens is 255 g/mol. The summed E-state index contributed by atoms with van der Waals surface area (Å²) >= 11 is 0. The molecule has 0 aromatic heterocycles. The molecule has 0 aliphatic carbocycles. The minimum absolute atomic E-state index is 0.0627. The molecule has 2 aliphatic rings. The second-order valence-electron chi connectivity index (χ2n) is 5.54. The van der Waals surface area contributed by atoms with E-state index in [1.165, 1.54) is 18.6 Å². The van der Waals surface area contributed by atoms with Crippen molar-refractivity contribution in [3.8, 4) is 0 Å². The van der Waals surface area contributed by atoms with E-state index in [4.69, 9.17) is 0 Å². The molecule has 2 unspecified atom stereocenters. The van der Waals surface area contributed by atoms with E-state index in [1.54, 1.807) is 24.3 Å². The van der Waals surface area contributed by atoms with Crippen molar-refractivity contribution in [1.29, 1.82) is 0 Å². The number of carbonyl (C=O) groups excluding carboxylic acids is 1. The van der Waals surface area contributed by atoms with Gasteiger partial charge in [-0.25, -0.2) is 4.39 Å². The van der Waals surface area contributed by atoms with Gasteiger partial charge < -0.3 is 10.2 Å². The molecule has 20 heavy (non-hydrogen) atoms. The van der Waals surface area contributed by atoms with Crippen molar-refractivity contribution in [2.24, 2.45) is 5.92 Å². The van der Waals surface area contributed by atoms with Crippen LogP contribution in [0.25, 0.3) is 6.08 Å². The summed E-state index contributed by atoms with van der Waals surface area (Å²) in [6.07, 6.45) is 5.66. The summed E-state index contributed by atoms with van der Waals surface area (Å²) in [6.45, 7) is 2.77. The molecule has 2 fully saturated rings. The van der Waals surface area contributed by atoms with E-state index in [0.29, 0.717) is 12.0 Å². The van der Waals surface area contributed by atoms with Crippen molar-refractivity contribution in [2.45, 2.75) is 18.9 Å². The van der Waals surface area contributed by atoms with Gasteiger partial charge >= 0.3 is 0 Å². The summed E-state index contributed by atoms with van der Waals surface area (Å²) in [5.41, 5.74) is 0.845. The maximum absolute atomic E-state index is 12.8. The molecule has 2 saturated heterocycles. The van der Waals surface area contributed by atoms with Gasteiger partial charge in [-0.1, -0.05) is 12.1 Å². The minimum atomic E-state index is -0.260. The number of piperidine rings is 1. The van der Waals surface area contributed by atoms with Gasteiger partial charge in [-0.15, -0.1) is 0 Å². The van der Waals surface area contributed by atoms with E-state index in [2.05, 4.69) is 5.32 Å². The molecule has 1 aromatic carbocycles. The maximum Gasteiger partial charge on any atom is 0.246 e. The molecular formula is C16H19FN2O. The smallest absolute Gasteiger partial charge is 0.246 e. The molecule has 2 atom stereocenters. The highest BCUT2D eigenvalue weighted by molar-refractivity contribution is 5.92. The van der Waals surface area contributed by atoms with Crippen molar-refractivity contribution < 1.29 is 9.18 Å². The number of benzene rings is 1. The summed E-state index contributed by atoms with van der Waals surface area (Å²) in [7, 11) is 0. The summed E-state index contributed by atoms with van der Waals surface area (Å²) in [6, 6.07) is 6.50. The van der Waals surface area contributed by atoms with Crippen LogP contribution in [0.2, 0.25) is 0 Å². The number of rotatable bonds is 2. The highest BCUT2D eigenvalue weighted by Crippen LogP contribution is 2.26. The number of likely N-dealkylation sites (tertiary alicyclic amines) is 1. The van der Waals surface area contributed by atoms with E-state index < -0.39 is 0 Å². The Morgan fingerprint density at radius 3 is 2.90 bits per heavy atom. The summed E-state index contributed by atoms with van der Waals surface area (Å²) in [5, 5.41) is 3.37. The number of nitrogens with zero attached hydrogens (tertiary/aromatic N) is 1. The van der Waals surface area contributed by atoms with Crippen LogP contribution >= 0.6 is 0 Å². The Kier molecular flexibility index (Phi) is 3.83. The number of amides is 1. The molecule has 4 heteroatoms. The topological polar surface area (TPSA) is 32.3 Å². The van der Waals surface area contributed by atoms with E-state index in [0.717, 1.165) is 31.6 Å². The molecule has 3 rings (SSSR count). The molecule has 3 nitrogen and oxygen atoms in total. The SMILES string of the molecule is O=C(/C=C/c1ccc(F)cc1)N1CCCC2CNCC21. The van der Waals surface area contributed by atoms with E-state index >= 15 is 0 Å². The lowest BCUT2D eigenvalue weighted by Gasteiger charge is -2.36. The molecule has 0 saturated carbocycles. The number of hydrogen-bond acceptors (Lipinski definition) is 2. The van der Waals surface area contributed by atoms with Gasteiger partial charge in [0.2, 0.25) is 5.91 Å². The number of carbonyl (C=O) groups is 1. The first-order valence-corrected chi connectivity index (χ1v) is 7.19. The molecule has 1 amide bonds. The molecule has 106 valence electrons. The largest absolute Gasteiger partial charge is 0.335 e. The second kappa shape index (κ2) is 5.75. The van der Waals surface area contributed by atoms with Gasteiger partial charge in [-0.2, -0.15) is 0 Å². The zero-order valence-corrected chi connectivity index (χ0v) is 11.4. The van der Waals surface area contributed by atoms with Gasteiger partial charge in [0.1, 0.15) is 5.82 Å². The predicted molar refractivity (Wildman–Crippen MR) is 76.5 cm³/mol. The van der Waals surface area contributed by atoms with Crippen LogP contribution in [0, 0.1) is 11.7 Å². The van der Waals surface area contributed by atoms with Crippen molar-refractivity contribution in [3.63, 3.8) is 0 Å². The van der Waals surface area contributed by atoms with Crippen molar-refractivity contribution in [1.82, 2.24) is 10.2 Å². The summed E-state index contributed by atoms with van der Waals surface area (Å²) in [5.74, 6) is 0.407. The fourth-order valence-corrected chi connectivity index (χ4v) is 3.18. The van der Waals surface area contributed by atoms with Crippen LogP contribution in [0.3, 0.4) is 0 Å². The molecule has 1 aromatic rings. The van der Waals surface area contributed by atoms with Crippen molar-refractivity contribution in [3.05, 3.63) is 41.7 Å². The number of fused-ring (bicyclic) bond motifs is 1. The van der Waals surface area contributed by atoms with Crippen LogP contribution in [-0.4, -0.2) is 36.5 Å². The molecule has 1 N–H and O–H groups in total. The first-order chi connectivity index (χ1) is 9.74. The third kappa shape index (κ3) is 2.75. The fourth-order valence-electron chi connectivity index (χ4n) is 3.18. The standard InChI is InChI=1S/C16H19FN2O/c17-14-6-3-12(4-7-14)5-8-16(20)19-9-1-2-13-10-18-11-15(13)19/h3-8,13,15,18H,1-2,9-11H2/b8-5+. The molecule has 2 heterocycles. The minimum Gasteiger partial charge on any atom is -0.335 e. The van der Waals surface area contributed by atoms with Gasteiger partial charge in [0, 0.05) is 31.8 Å². The summed E-state index contributed by atoms with van der Waals surface area (Å²) < 4.78 is 12.8. The first kappa shape index (κ1) is 13.3. The number of halogens is 1. The monoisotopic (exact) mass is 274 g/mol. The van der Waals surface area contributed by atoms with Crippen LogP contribution in [0.1, 0.15) is 18.4 Å². The van der Waals surface area contributed by atoms with Gasteiger partial charge in [0.05, 0.1) is 0 Å². The molecule has 0 spiro atoms. The second-order valence-corrected chi connectivity index (χ2v) is 5.54. The Labute approximate surface area is 118 Å². The molecule has 2 aliphatic heterocycles. The normalized spacial score (nSPS) is 25.9. The highest BCUT2D eigenvalue weighted by Gasteiger charge is 2.36. The van der Waals surface area contributed by atoms with Crippen LogP contribution < -0.4 is 5.32 Å². The van der Waals surface area contributed by atoms with E-state index in [9.17, 15) is 9.18 Å². The number of nitrogens with one attached hydrogen (secondary N) is 1. The Morgan fingerprint density at radius 1 is 1.30 bits per heavy atom. The van der Waals surface area contributed by atoms with Crippen LogP contribution in [-0.2, 0) is 4.79 Å². The van der Waals surface area contributed by atoms with Crippen LogP contribution in [0.5, 0.6) is 0 Å². The average molecular weight is 274 g/mol. The third-order valence-corrected chi connectivity index (χ3v) is 4.25. The first-order valence-electron chi connectivity index (χ1n) is 7.19. The quantitative estimate of drug-likeness (QED) is 0.837. The highest BCUT2D eigenvalue weighted by atomic mass is 19.1. The lowest BCUT2D eigenvalue weighted by atomic mass is 9.92. The fraction of sp³-hybridized carbons (Fsp3) is 0.438. The number of hydrogen-bond donors (Lipinski definition) is 1. The van der Waals surface area contributed by atoms with Crippen molar-refractivity contribution >= 4 is 12.0 Å². The van der Waals surface area contributed by atoms with E-state index in [1.807, 2.05) is 4.90 Å². The van der Waals surface area contributed by atoms with Gasteiger partial charge in [0.25, 0.3) is 0 Å². The van der Waals surface area contributed by atoms with Crippen LogP contribution in [0.4, 0.5) is 4.39 Å². The lowest BCUT2D eigenvalue weighted by Crippen LogP contribution is -2.47. The maximum atomic E-state index is 12.8. The Bertz CT molecular complexity index is 512. The molecule has 0 radical (unpaired) electrons. The summed E-state index contributed by atoms with van der Waals surface area (Å²) in [4.78, 5) is 14.3. The Morgan fingerprint density at radius 2 is 2.10 bits per heavy atom. The zero-order chi connectivity index (χ0) is 13.9. The predicted octanol–water partition coefficient (Wildman–Crippen LogP) is 2.05. The zero-order valence-electron chi connectivity index (χ0n) is 11.4. The van der Waals surface area contributed by atoms with Gasteiger partial charge in [0.15, 0.2) is 0 Å². The van der Waals surface area contributed by atoms with E-state index in [-0.39, 0.29) is 11.7 Å². The molecule has 0 bridgehead atoms.